The minimum absolute atomic E-state index is 0.0199. The zero-order chi connectivity index (χ0) is 17.0. The topological polar surface area (TPSA) is 29.5 Å². The normalized spacial score (nSPS) is 60.1. The number of nitrogens with zero attached hydrogens (tertiary/aromatic N) is 1. The Bertz CT molecular complexity index is 634. The van der Waals surface area contributed by atoms with Crippen LogP contribution in [0.3, 0.4) is 0 Å². The van der Waals surface area contributed by atoms with Gasteiger partial charge in [0.05, 0.1) is 6.61 Å². The second-order valence-electron chi connectivity index (χ2n) is 10.8. The second kappa shape index (κ2) is 4.70. The highest BCUT2D eigenvalue weighted by Crippen LogP contribution is 2.74. The smallest absolute Gasteiger partial charge is 0.142 e. The van der Waals surface area contributed by atoms with Crippen molar-refractivity contribution in [3.63, 3.8) is 0 Å². The number of ketones is 1. The van der Waals surface area contributed by atoms with Crippen LogP contribution in [0.4, 0.5) is 0 Å². The first-order valence-electron chi connectivity index (χ1n) is 10.9. The molecule has 2 saturated heterocycles. The van der Waals surface area contributed by atoms with E-state index in [0.717, 1.165) is 19.1 Å². The van der Waals surface area contributed by atoms with Gasteiger partial charge in [-0.2, -0.15) is 0 Å². The van der Waals surface area contributed by atoms with E-state index in [2.05, 4.69) is 18.7 Å². The molecule has 6 fully saturated rings. The van der Waals surface area contributed by atoms with Crippen molar-refractivity contribution in [3.05, 3.63) is 0 Å². The fourth-order valence-corrected chi connectivity index (χ4v) is 9.43. The lowest BCUT2D eigenvalue weighted by atomic mass is 9.38. The van der Waals surface area contributed by atoms with E-state index in [-0.39, 0.29) is 10.8 Å². The highest BCUT2D eigenvalue weighted by atomic mass is 16.5. The number of ether oxygens (including phenoxy) is 1. The molecule has 0 N–H and O–H groups in total. The molecular formula is C22H33NO2. The Morgan fingerprint density at radius 3 is 2.88 bits per heavy atom. The Hall–Kier alpha value is -0.410. The zero-order valence-corrected chi connectivity index (χ0v) is 15.9. The molecule has 0 amide bonds. The van der Waals surface area contributed by atoms with Gasteiger partial charge in [0.25, 0.3) is 0 Å². The van der Waals surface area contributed by atoms with Crippen LogP contribution in [0, 0.1) is 39.9 Å². The van der Waals surface area contributed by atoms with Gasteiger partial charge in [0.15, 0.2) is 0 Å². The highest BCUT2D eigenvalue weighted by Gasteiger charge is 2.73. The fraction of sp³-hybridized carbons (Fsp3) is 0.955. The van der Waals surface area contributed by atoms with Crippen molar-refractivity contribution in [2.75, 3.05) is 19.7 Å². The lowest BCUT2D eigenvalue weighted by molar-refractivity contribution is -0.265. The van der Waals surface area contributed by atoms with Gasteiger partial charge in [0, 0.05) is 29.8 Å². The molecule has 0 aromatic carbocycles. The van der Waals surface area contributed by atoms with Crippen LogP contribution >= 0.6 is 0 Å². The van der Waals surface area contributed by atoms with E-state index < -0.39 is 0 Å². The maximum Gasteiger partial charge on any atom is 0.142 e. The van der Waals surface area contributed by atoms with Crippen molar-refractivity contribution in [1.82, 2.24) is 4.90 Å². The van der Waals surface area contributed by atoms with E-state index >= 15 is 0 Å². The molecule has 2 heterocycles. The number of carbonyl (C=O) groups is 1. The Kier molecular flexibility index (Phi) is 2.94. The summed E-state index contributed by atoms with van der Waals surface area (Å²) < 4.78 is 6.48. The summed E-state index contributed by atoms with van der Waals surface area (Å²) in [5.74, 6) is 3.02. The van der Waals surface area contributed by atoms with Crippen LogP contribution in [-0.4, -0.2) is 36.6 Å². The first-order valence-corrected chi connectivity index (χ1v) is 10.9. The molecular weight excluding hydrogens is 310 g/mol. The van der Waals surface area contributed by atoms with Gasteiger partial charge in [0.1, 0.15) is 12.0 Å². The van der Waals surface area contributed by atoms with Gasteiger partial charge in [-0.25, -0.2) is 0 Å². The number of fused-ring (bicyclic) bond motifs is 2. The summed E-state index contributed by atoms with van der Waals surface area (Å²) in [5, 5.41) is 0. The molecule has 4 saturated carbocycles. The van der Waals surface area contributed by atoms with E-state index in [1.54, 1.807) is 0 Å². The average Bonchev–Trinajstić information content (AvgIpc) is 3.12. The summed E-state index contributed by atoms with van der Waals surface area (Å²) in [5.41, 5.74) is 0.741. The molecule has 0 aromatic heterocycles. The van der Waals surface area contributed by atoms with Gasteiger partial charge in [0.2, 0.25) is 0 Å². The van der Waals surface area contributed by atoms with Crippen LogP contribution in [0.2, 0.25) is 0 Å². The van der Waals surface area contributed by atoms with Gasteiger partial charge in [-0.3, -0.25) is 9.69 Å². The number of Topliss-reactive ketones (excluding diaryl/α,β-unsaturated/α-hetero) is 1. The molecule has 0 aromatic rings. The van der Waals surface area contributed by atoms with Crippen molar-refractivity contribution in [3.8, 4) is 0 Å². The summed E-state index contributed by atoms with van der Waals surface area (Å²) in [6.07, 6.45) is 10.6. The molecule has 4 aliphatic carbocycles. The van der Waals surface area contributed by atoms with Crippen molar-refractivity contribution in [2.45, 2.75) is 71.4 Å². The number of rotatable bonds is 0. The maximum atomic E-state index is 13.5. The minimum Gasteiger partial charge on any atom is -0.361 e. The Morgan fingerprint density at radius 1 is 1.12 bits per heavy atom. The van der Waals surface area contributed by atoms with Crippen molar-refractivity contribution in [2.24, 2.45) is 39.9 Å². The molecule has 0 unspecified atom stereocenters. The Labute approximate surface area is 151 Å². The third-order valence-electron chi connectivity index (χ3n) is 10.1. The first kappa shape index (κ1) is 15.6. The number of hydrogen-bond donors (Lipinski definition) is 0. The first-order chi connectivity index (χ1) is 12.0. The summed E-state index contributed by atoms with van der Waals surface area (Å²) in [6.45, 7) is 8.06. The molecule has 138 valence electrons. The lowest BCUT2D eigenvalue weighted by Gasteiger charge is -2.70. The quantitative estimate of drug-likeness (QED) is 0.669. The lowest BCUT2D eigenvalue weighted by Crippen LogP contribution is -2.71. The van der Waals surface area contributed by atoms with Gasteiger partial charge < -0.3 is 4.74 Å². The Morgan fingerprint density at radius 2 is 2.00 bits per heavy atom. The molecule has 8 atom stereocenters. The van der Waals surface area contributed by atoms with E-state index in [1.165, 1.54) is 57.9 Å². The van der Waals surface area contributed by atoms with Gasteiger partial charge in [-0.05, 0) is 68.1 Å². The predicted molar refractivity (Wildman–Crippen MR) is 95.9 cm³/mol. The summed E-state index contributed by atoms with van der Waals surface area (Å²) >= 11 is 0. The van der Waals surface area contributed by atoms with Crippen LogP contribution < -0.4 is 0 Å². The molecule has 1 spiro atoms. The van der Waals surface area contributed by atoms with Crippen LogP contribution in [0.1, 0.15) is 65.2 Å². The van der Waals surface area contributed by atoms with Crippen molar-refractivity contribution in [1.29, 1.82) is 0 Å². The largest absolute Gasteiger partial charge is 0.361 e. The number of piperidine rings is 1. The van der Waals surface area contributed by atoms with E-state index in [4.69, 9.17) is 4.74 Å². The average molecular weight is 344 g/mol. The SMILES string of the molecule is C[C@H]1C(=O)[C@@]23CC[C@@H]4[C@@]5(C)CCC[C@@]4([C@@H]4OCCN4C5)[C@@H]2CC[C@@H]1C3. The summed E-state index contributed by atoms with van der Waals surface area (Å²) in [4.78, 5) is 16.2. The van der Waals surface area contributed by atoms with Gasteiger partial charge in [-0.1, -0.05) is 20.3 Å². The minimum atomic E-state index is 0.0199. The molecule has 0 radical (unpaired) electrons. The number of carbonyl (C=O) groups excluding carboxylic acids is 1. The maximum absolute atomic E-state index is 13.5. The van der Waals surface area contributed by atoms with Crippen molar-refractivity contribution >= 4 is 5.78 Å². The molecule has 25 heavy (non-hydrogen) atoms. The van der Waals surface area contributed by atoms with Crippen LogP contribution in [0.25, 0.3) is 0 Å². The van der Waals surface area contributed by atoms with Gasteiger partial charge >= 0.3 is 0 Å². The van der Waals surface area contributed by atoms with E-state index in [1.807, 2.05) is 0 Å². The molecule has 3 nitrogen and oxygen atoms in total. The van der Waals surface area contributed by atoms with Gasteiger partial charge in [-0.15, -0.1) is 0 Å². The standard InChI is InChI=1S/C22H33NO2/c1-14-15-4-5-17-21(12-15,18(14)24)9-6-16-20(2)7-3-8-22(16,17)19-23(13-20)10-11-25-19/h14-17,19H,3-13H2,1-2H3/t14-,15-,16-,17-,19+,20+,21-,22+/m1/s1. The molecule has 6 aliphatic rings. The monoisotopic (exact) mass is 343 g/mol. The highest BCUT2D eigenvalue weighted by molar-refractivity contribution is 5.90. The molecule has 4 bridgehead atoms. The van der Waals surface area contributed by atoms with Crippen LogP contribution in [0.15, 0.2) is 0 Å². The van der Waals surface area contributed by atoms with Crippen molar-refractivity contribution < 1.29 is 9.53 Å². The molecule has 6 rings (SSSR count). The zero-order valence-electron chi connectivity index (χ0n) is 15.9. The molecule has 3 heteroatoms. The Balaban J connectivity index is 1.53. The fourth-order valence-electron chi connectivity index (χ4n) is 9.43. The number of hydrogen-bond acceptors (Lipinski definition) is 3. The second-order valence-corrected chi connectivity index (χ2v) is 10.8. The third-order valence-corrected chi connectivity index (χ3v) is 10.1. The summed E-state index contributed by atoms with van der Waals surface area (Å²) in [6, 6.07) is 0. The summed E-state index contributed by atoms with van der Waals surface area (Å²) in [7, 11) is 0. The predicted octanol–water partition coefficient (Wildman–Crippen LogP) is 3.87. The van der Waals surface area contributed by atoms with Crippen LogP contribution in [0.5, 0.6) is 0 Å². The molecule has 2 aliphatic heterocycles. The third kappa shape index (κ3) is 1.61. The van der Waals surface area contributed by atoms with E-state index in [0.29, 0.717) is 35.2 Å². The van der Waals surface area contributed by atoms with Crippen LogP contribution in [-0.2, 0) is 9.53 Å². The van der Waals surface area contributed by atoms with E-state index in [9.17, 15) is 4.79 Å².